The lowest BCUT2D eigenvalue weighted by Gasteiger charge is -2.22. The second-order valence-electron chi connectivity index (χ2n) is 3.57. The molecule has 0 aromatic carbocycles. The number of morpholine rings is 1. The van der Waals surface area contributed by atoms with Crippen molar-refractivity contribution in [2.75, 3.05) is 40.0 Å². The zero-order valence-corrected chi connectivity index (χ0v) is 9.25. The zero-order valence-electron chi connectivity index (χ0n) is 9.25. The fourth-order valence-corrected chi connectivity index (χ4v) is 1.44. The summed E-state index contributed by atoms with van der Waals surface area (Å²) in [6, 6.07) is -0.179. The van der Waals surface area contributed by atoms with Crippen molar-refractivity contribution >= 4 is 5.91 Å². The highest BCUT2D eigenvalue weighted by atomic mass is 16.5. The molecule has 1 rings (SSSR count). The molecule has 15 heavy (non-hydrogen) atoms. The highest BCUT2D eigenvalue weighted by molar-refractivity contribution is 5.81. The van der Waals surface area contributed by atoms with Gasteiger partial charge in [0.2, 0.25) is 5.91 Å². The van der Waals surface area contributed by atoms with E-state index >= 15 is 0 Å². The van der Waals surface area contributed by atoms with Crippen LogP contribution in [0.1, 0.15) is 12.8 Å². The Bertz CT molecular complexity index is 182. The molecule has 1 amide bonds. The first-order valence-electron chi connectivity index (χ1n) is 5.42. The summed E-state index contributed by atoms with van der Waals surface area (Å²) in [5, 5.41) is 5.98. The lowest BCUT2D eigenvalue weighted by molar-refractivity contribution is -0.125. The fourth-order valence-electron chi connectivity index (χ4n) is 1.44. The Morgan fingerprint density at radius 2 is 2.47 bits per heavy atom. The van der Waals surface area contributed by atoms with Crippen molar-refractivity contribution in [2.24, 2.45) is 0 Å². The molecule has 0 spiro atoms. The van der Waals surface area contributed by atoms with E-state index in [1.54, 1.807) is 7.11 Å². The maximum Gasteiger partial charge on any atom is 0.239 e. The van der Waals surface area contributed by atoms with Crippen LogP contribution in [0, 0.1) is 0 Å². The molecule has 5 heteroatoms. The van der Waals surface area contributed by atoms with Gasteiger partial charge < -0.3 is 20.1 Å². The first-order valence-corrected chi connectivity index (χ1v) is 5.42. The smallest absolute Gasteiger partial charge is 0.239 e. The molecule has 0 saturated carbocycles. The number of amides is 1. The molecule has 88 valence electrons. The summed E-state index contributed by atoms with van der Waals surface area (Å²) >= 11 is 0. The maximum absolute atomic E-state index is 11.5. The predicted octanol–water partition coefficient (Wildman–Crippen LogP) is -0.482. The van der Waals surface area contributed by atoms with Gasteiger partial charge in [-0.2, -0.15) is 0 Å². The number of carbonyl (C=O) groups excluding carboxylic acids is 1. The Balaban J connectivity index is 2.02. The molecular formula is C10H20N2O3. The van der Waals surface area contributed by atoms with E-state index in [2.05, 4.69) is 10.6 Å². The quantitative estimate of drug-likeness (QED) is 0.589. The average Bonchev–Trinajstić information content (AvgIpc) is 2.30. The summed E-state index contributed by atoms with van der Waals surface area (Å²) in [5.74, 6) is 0.0344. The molecule has 1 heterocycles. The van der Waals surface area contributed by atoms with Gasteiger partial charge in [0.05, 0.1) is 13.2 Å². The first kappa shape index (κ1) is 12.4. The molecule has 1 unspecified atom stereocenters. The molecule has 0 aromatic heterocycles. The van der Waals surface area contributed by atoms with Crippen molar-refractivity contribution in [1.29, 1.82) is 0 Å². The van der Waals surface area contributed by atoms with Crippen LogP contribution < -0.4 is 10.6 Å². The molecule has 5 nitrogen and oxygen atoms in total. The van der Waals surface area contributed by atoms with Crippen LogP contribution >= 0.6 is 0 Å². The first-order chi connectivity index (χ1) is 7.34. The minimum absolute atomic E-state index is 0.0344. The van der Waals surface area contributed by atoms with E-state index in [1.807, 2.05) is 0 Å². The summed E-state index contributed by atoms with van der Waals surface area (Å²) in [6.45, 7) is 3.38. The number of methoxy groups -OCH3 is 1. The van der Waals surface area contributed by atoms with E-state index in [0.717, 1.165) is 26.0 Å². The average molecular weight is 216 g/mol. The highest BCUT2D eigenvalue weighted by Crippen LogP contribution is 1.93. The summed E-state index contributed by atoms with van der Waals surface area (Å²) in [5.41, 5.74) is 0. The van der Waals surface area contributed by atoms with Crippen LogP contribution in [0.5, 0.6) is 0 Å². The van der Waals surface area contributed by atoms with Crippen LogP contribution in [-0.2, 0) is 14.3 Å². The number of hydrogen-bond acceptors (Lipinski definition) is 4. The lowest BCUT2D eigenvalue weighted by atomic mass is 10.2. The third-order valence-corrected chi connectivity index (χ3v) is 2.31. The Morgan fingerprint density at radius 1 is 1.60 bits per heavy atom. The molecule has 0 radical (unpaired) electrons. The molecule has 2 N–H and O–H groups in total. The monoisotopic (exact) mass is 216 g/mol. The minimum atomic E-state index is -0.179. The van der Waals surface area contributed by atoms with Crippen LogP contribution in [0.15, 0.2) is 0 Å². The van der Waals surface area contributed by atoms with E-state index < -0.39 is 0 Å². The van der Waals surface area contributed by atoms with Gasteiger partial charge in [0.25, 0.3) is 0 Å². The number of nitrogens with one attached hydrogen (secondary N) is 2. The van der Waals surface area contributed by atoms with Gasteiger partial charge in [0, 0.05) is 26.8 Å². The van der Waals surface area contributed by atoms with Gasteiger partial charge in [-0.25, -0.2) is 0 Å². The van der Waals surface area contributed by atoms with Gasteiger partial charge in [-0.15, -0.1) is 0 Å². The maximum atomic E-state index is 11.5. The minimum Gasteiger partial charge on any atom is -0.385 e. The second kappa shape index (κ2) is 7.62. The van der Waals surface area contributed by atoms with Crippen LogP contribution in [-0.4, -0.2) is 52.0 Å². The molecule has 1 fully saturated rings. The van der Waals surface area contributed by atoms with E-state index in [-0.39, 0.29) is 11.9 Å². The lowest BCUT2D eigenvalue weighted by Crippen LogP contribution is -2.51. The second-order valence-corrected chi connectivity index (χ2v) is 3.57. The third-order valence-electron chi connectivity index (χ3n) is 2.31. The standard InChI is InChI=1S/C10H20N2O3/c1-14-6-3-2-4-12-10(13)9-8-15-7-5-11-9/h9,11H,2-8H2,1H3,(H,12,13). The Morgan fingerprint density at radius 3 is 3.13 bits per heavy atom. The van der Waals surface area contributed by atoms with Gasteiger partial charge in [-0.05, 0) is 12.8 Å². The van der Waals surface area contributed by atoms with Gasteiger partial charge in [-0.3, -0.25) is 4.79 Å². The van der Waals surface area contributed by atoms with E-state index in [0.29, 0.717) is 19.8 Å². The molecule has 1 saturated heterocycles. The summed E-state index contributed by atoms with van der Waals surface area (Å²) in [4.78, 5) is 11.5. The van der Waals surface area contributed by atoms with E-state index in [1.165, 1.54) is 0 Å². The Hall–Kier alpha value is -0.650. The molecule has 1 aliphatic rings. The molecule has 1 atom stereocenters. The molecule has 0 aliphatic carbocycles. The van der Waals surface area contributed by atoms with Crippen LogP contribution in [0.2, 0.25) is 0 Å². The molecular weight excluding hydrogens is 196 g/mol. The van der Waals surface area contributed by atoms with Crippen molar-refractivity contribution in [3.05, 3.63) is 0 Å². The topological polar surface area (TPSA) is 59.6 Å². The SMILES string of the molecule is COCCCCNC(=O)C1COCCN1. The highest BCUT2D eigenvalue weighted by Gasteiger charge is 2.20. The number of carbonyl (C=O) groups is 1. The number of unbranched alkanes of at least 4 members (excludes halogenated alkanes) is 1. The van der Waals surface area contributed by atoms with Gasteiger partial charge in [0.15, 0.2) is 0 Å². The number of ether oxygens (including phenoxy) is 2. The number of hydrogen-bond donors (Lipinski definition) is 2. The van der Waals surface area contributed by atoms with Crippen LogP contribution in [0.25, 0.3) is 0 Å². The fraction of sp³-hybridized carbons (Fsp3) is 0.900. The Kier molecular flexibility index (Phi) is 6.31. The van der Waals surface area contributed by atoms with Crippen molar-refractivity contribution in [1.82, 2.24) is 10.6 Å². The zero-order chi connectivity index (χ0) is 10.9. The van der Waals surface area contributed by atoms with Crippen molar-refractivity contribution in [2.45, 2.75) is 18.9 Å². The van der Waals surface area contributed by atoms with Crippen molar-refractivity contribution < 1.29 is 14.3 Å². The largest absolute Gasteiger partial charge is 0.385 e. The Labute approximate surface area is 90.5 Å². The van der Waals surface area contributed by atoms with Gasteiger partial charge in [-0.1, -0.05) is 0 Å². The number of rotatable bonds is 6. The molecule has 0 bridgehead atoms. The summed E-state index contributed by atoms with van der Waals surface area (Å²) in [6.07, 6.45) is 1.93. The van der Waals surface area contributed by atoms with Gasteiger partial charge in [0.1, 0.15) is 6.04 Å². The summed E-state index contributed by atoms with van der Waals surface area (Å²) < 4.78 is 10.1. The van der Waals surface area contributed by atoms with Gasteiger partial charge >= 0.3 is 0 Å². The molecule has 0 aromatic rings. The van der Waals surface area contributed by atoms with Crippen molar-refractivity contribution in [3.63, 3.8) is 0 Å². The van der Waals surface area contributed by atoms with Crippen molar-refractivity contribution in [3.8, 4) is 0 Å². The van der Waals surface area contributed by atoms with Crippen LogP contribution in [0.3, 0.4) is 0 Å². The normalized spacial score (nSPS) is 21.3. The molecule has 1 aliphatic heterocycles. The third kappa shape index (κ3) is 5.11. The summed E-state index contributed by atoms with van der Waals surface area (Å²) in [7, 11) is 1.68. The van der Waals surface area contributed by atoms with E-state index in [9.17, 15) is 4.79 Å². The van der Waals surface area contributed by atoms with E-state index in [4.69, 9.17) is 9.47 Å². The predicted molar refractivity (Wildman–Crippen MR) is 56.7 cm³/mol. The van der Waals surface area contributed by atoms with Crippen LogP contribution in [0.4, 0.5) is 0 Å².